The molecule has 0 saturated heterocycles. The number of H-pyrrole nitrogens is 1. The summed E-state index contributed by atoms with van der Waals surface area (Å²) in [5, 5.41) is 0. The molecule has 150 valence electrons. The summed E-state index contributed by atoms with van der Waals surface area (Å²) in [6.07, 6.45) is 2.18. The largest absolute Gasteiger partial charge is 0.329 e. The van der Waals surface area contributed by atoms with Crippen molar-refractivity contribution in [2.75, 3.05) is 13.1 Å². The van der Waals surface area contributed by atoms with Gasteiger partial charge in [-0.05, 0) is 25.3 Å². The summed E-state index contributed by atoms with van der Waals surface area (Å²) in [6, 6.07) is 8.29. The third-order valence-corrected chi connectivity index (χ3v) is 5.16. The molecule has 7 heteroatoms. The van der Waals surface area contributed by atoms with E-state index >= 15 is 0 Å². The van der Waals surface area contributed by atoms with E-state index in [2.05, 4.69) is 50.0 Å². The van der Waals surface area contributed by atoms with Gasteiger partial charge in [-0.2, -0.15) is 0 Å². The molecule has 0 aliphatic heterocycles. The van der Waals surface area contributed by atoms with Gasteiger partial charge >= 0.3 is 5.69 Å². The highest BCUT2D eigenvalue weighted by Crippen LogP contribution is 2.14. The second-order valence-corrected chi connectivity index (χ2v) is 7.52. The fourth-order valence-corrected chi connectivity index (χ4v) is 3.69. The van der Waals surface area contributed by atoms with Gasteiger partial charge in [-0.1, -0.05) is 43.7 Å². The number of nitrogens with zero attached hydrogens (tertiary/aromatic N) is 3. The van der Waals surface area contributed by atoms with E-state index < -0.39 is 5.69 Å². The number of nitrogens with one attached hydrogen (secondary N) is 2. The Labute approximate surface area is 164 Å². The number of fused-ring (bicyclic) bond motifs is 1. The van der Waals surface area contributed by atoms with Gasteiger partial charge in [-0.15, -0.1) is 0 Å². The van der Waals surface area contributed by atoms with E-state index in [0.29, 0.717) is 17.7 Å². The predicted molar refractivity (Wildman–Crippen MR) is 111 cm³/mol. The van der Waals surface area contributed by atoms with Crippen LogP contribution in [0.3, 0.4) is 0 Å². The number of hydrogen-bond acceptors (Lipinski definition) is 3. The molecule has 3 aromatic rings. The summed E-state index contributed by atoms with van der Waals surface area (Å²) in [7, 11) is 1.65. The Hall–Kier alpha value is -2.67. The number of aryl methyl sites for hydroxylation is 2. The van der Waals surface area contributed by atoms with Crippen molar-refractivity contribution in [3.63, 3.8) is 0 Å². The van der Waals surface area contributed by atoms with Gasteiger partial charge in [0.1, 0.15) is 6.54 Å². The summed E-state index contributed by atoms with van der Waals surface area (Å²) in [5.41, 5.74) is 2.40. The van der Waals surface area contributed by atoms with Crippen LogP contribution >= 0.6 is 0 Å². The molecule has 0 fully saturated rings. The van der Waals surface area contributed by atoms with Crippen molar-refractivity contribution in [2.45, 2.75) is 46.7 Å². The first-order chi connectivity index (χ1) is 13.4. The van der Waals surface area contributed by atoms with Crippen LogP contribution in [0.1, 0.15) is 43.6 Å². The van der Waals surface area contributed by atoms with Crippen molar-refractivity contribution in [2.24, 2.45) is 7.05 Å². The van der Waals surface area contributed by atoms with Gasteiger partial charge in [-0.25, -0.2) is 9.78 Å². The number of benzene rings is 1. The van der Waals surface area contributed by atoms with Crippen molar-refractivity contribution in [1.82, 2.24) is 19.1 Å². The molecule has 28 heavy (non-hydrogen) atoms. The third-order valence-electron chi connectivity index (χ3n) is 5.16. The van der Waals surface area contributed by atoms with E-state index in [1.54, 1.807) is 7.05 Å². The minimum Gasteiger partial charge on any atom is -0.329 e. The topological polar surface area (TPSA) is 77.1 Å². The molecule has 2 N–H and O–H groups in total. The molecule has 1 aromatic carbocycles. The number of imidazole rings is 1. The fraction of sp³-hybridized carbons (Fsp3) is 0.476. The first kappa shape index (κ1) is 20.1. The average Bonchev–Trinajstić information content (AvgIpc) is 3.01. The molecule has 0 unspecified atom stereocenters. The van der Waals surface area contributed by atoms with E-state index in [0.717, 1.165) is 43.9 Å². The molecule has 0 radical (unpaired) electrons. The minimum atomic E-state index is -0.435. The average molecular weight is 385 g/mol. The lowest BCUT2D eigenvalue weighted by atomic mass is 10.1. The third kappa shape index (κ3) is 4.09. The SMILES string of the molecule is CCC[NH+](CCC)Cc1nc2c(c(=O)[nH]c(=O)n2C)n1Cc1ccc(C)cc1. The van der Waals surface area contributed by atoms with Gasteiger partial charge in [0.25, 0.3) is 5.56 Å². The van der Waals surface area contributed by atoms with Crippen molar-refractivity contribution >= 4 is 11.2 Å². The Morgan fingerprint density at radius 3 is 2.32 bits per heavy atom. The van der Waals surface area contributed by atoms with Crippen LogP contribution < -0.4 is 16.1 Å². The summed E-state index contributed by atoms with van der Waals surface area (Å²) in [4.78, 5) is 33.3. The lowest BCUT2D eigenvalue weighted by molar-refractivity contribution is -0.914. The van der Waals surface area contributed by atoms with Gasteiger partial charge in [0.15, 0.2) is 17.0 Å². The molecule has 0 atom stereocenters. The quantitative estimate of drug-likeness (QED) is 0.608. The molecule has 2 aromatic heterocycles. The van der Waals surface area contributed by atoms with Crippen molar-refractivity contribution in [3.8, 4) is 0 Å². The normalized spacial score (nSPS) is 11.6. The van der Waals surface area contributed by atoms with Crippen LogP contribution in [0.25, 0.3) is 11.2 Å². The predicted octanol–water partition coefficient (Wildman–Crippen LogP) is 0.985. The standard InChI is InChI=1S/C21H29N5O2/c1-5-11-25(12-6-2)14-17-22-19-18(20(27)23-21(28)24(19)4)26(17)13-16-9-7-15(3)8-10-16/h7-10H,5-6,11-14H2,1-4H3,(H,23,27,28)/p+1. The molecule has 0 spiro atoms. The maximum Gasteiger partial charge on any atom is 0.329 e. The maximum absolute atomic E-state index is 12.6. The van der Waals surface area contributed by atoms with Crippen molar-refractivity contribution in [3.05, 3.63) is 62.1 Å². The highest BCUT2D eigenvalue weighted by Gasteiger charge is 2.20. The van der Waals surface area contributed by atoms with Crippen LogP contribution in [-0.2, 0) is 20.1 Å². The van der Waals surface area contributed by atoms with Crippen molar-refractivity contribution < 1.29 is 4.90 Å². The second kappa shape index (κ2) is 8.56. The van der Waals surface area contributed by atoms with E-state index in [9.17, 15) is 9.59 Å². The first-order valence-electron chi connectivity index (χ1n) is 10.0. The molecular weight excluding hydrogens is 354 g/mol. The van der Waals surface area contributed by atoms with E-state index in [1.807, 2.05) is 4.57 Å². The number of quaternary nitrogens is 1. The summed E-state index contributed by atoms with van der Waals surface area (Å²) < 4.78 is 3.40. The molecule has 0 aliphatic rings. The Bertz CT molecular complexity index is 1050. The number of aromatic amines is 1. The summed E-state index contributed by atoms with van der Waals surface area (Å²) >= 11 is 0. The van der Waals surface area contributed by atoms with E-state index in [-0.39, 0.29) is 5.56 Å². The Balaban J connectivity index is 2.13. The molecule has 2 heterocycles. The van der Waals surface area contributed by atoms with Gasteiger partial charge in [0.2, 0.25) is 0 Å². The van der Waals surface area contributed by atoms with Gasteiger partial charge in [0.05, 0.1) is 13.1 Å². The Morgan fingerprint density at radius 2 is 1.71 bits per heavy atom. The van der Waals surface area contributed by atoms with Gasteiger partial charge < -0.3 is 9.47 Å². The van der Waals surface area contributed by atoms with E-state index in [4.69, 9.17) is 4.98 Å². The van der Waals surface area contributed by atoms with Crippen LogP contribution in [0.15, 0.2) is 33.9 Å². The molecule has 3 rings (SSSR count). The monoisotopic (exact) mass is 384 g/mol. The molecule has 0 amide bonds. The zero-order chi connectivity index (χ0) is 20.3. The Kier molecular flexibility index (Phi) is 6.14. The molecule has 7 nitrogen and oxygen atoms in total. The van der Waals surface area contributed by atoms with Crippen LogP contribution in [0, 0.1) is 6.92 Å². The minimum absolute atomic E-state index is 0.378. The smallest absolute Gasteiger partial charge is 0.329 e. The number of hydrogen-bond donors (Lipinski definition) is 2. The van der Waals surface area contributed by atoms with Crippen LogP contribution in [0.2, 0.25) is 0 Å². The summed E-state index contributed by atoms with van der Waals surface area (Å²) in [5.74, 6) is 0.846. The molecule has 0 aliphatic carbocycles. The second-order valence-electron chi connectivity index (χ2n) is 7.52. The fourth-order valence-electron chi connectivity index (χ4n) is 3.69. The van der Waals surface area contributed by atoms with Crippen LogP contribution in [-0.4, -0.2) is 32.2 Å². The first-order valence-corrected chi connectivity index (χ1v) is 10.0. The van der Waals surface area contributed by atoms with Crippen LogP contribution in [0.4, 0.5) is 0 Å². The highest BCUT2D eigenvalue weighted by atomic mass is 16.2. The zero-order valence-electron chi connectivity index (χ0n) is 17.2. The maximum atomic E-state index is 12.6. The molecule has 0 bridgehead atoms. The Morgan fingerprint density at radius 1 is 1.07 bits per heavy atom. The number of rotatable bonds is 8. The summed E-state index contributed by atoms with van der Waals surface area (Å²) in [6.45, 7) is 9.81. The van der Waals surface area contributed by atoms with Crippen molar-refractivity contribution in [1.29, 1.82) is 0 Å². The van der Waals surface area contributed by atoms with Gasteiger partial charge in [-0.3, -0.25) is 14.3 Å². The number of aromatic nitrogens is 4. The lowest BCUT2D eigenvalue weighted by Crippen LogP contribution is -3.10. The zero-order valence-corrected chi connectivity index (χ0v) is 17.2. The highest BCUT2D eigenvalue weighted by molar-refractivity contribution is 5.71. The van der Waals surface area contributed by atoms with Gasteiger partial charge in [0, 0.05) is 13.6 Å². The molecule has 0 saturated carbocycles. The molecular formula is C21H30N5O2+. The lowest BCUT2D eigenvalue weighted by Gasteiger charge is -2.18. The van der Waals surface area contributed by atoms with E-state index in [1.165, 1.54) is 15.0 Å². The van der Waals surface area contributed by atoms with Crippen LogP contribution in [0.5, 0.6) is 0 Å².